The number of piperazine rings is 1. The van der Waals surface area contributed by atoms with Gasteiger partial charge in [-0.2, -0.15) is 0 Å². The topological polar surface area (TPSA) is 64.5 Å². The van der Waals surface area contributed by atoms with Gasteiger partial charge in [-0.15, -0.1) is 0 Å². The highest BCUT2D eigenvalue weighted by Gasteiger charge is 2.18. The molecule has 0 aliphatic carbocycles. The SMILES string of the molecule is [N-]=[N+]=Nc1ccc(CCN2CCN(CCOC(c3ccccc3)c3ccccc3)CC2)cc1I. The van der Waals surface area contributed by atoms with Gasteiger partial charge in [-0.05, 0) is 57.3 Å². The van der Waals surface area contributed by atoms with Crippen LogP contribution in [0.1, 0.15) is 22.8 Å². The molecule has 3 aromatic rings. The summed E-state index contributed by atoms with van der Waals surface area (Å²) in [6.45, 7) is 7.00. The van der Waals surface area contributed by atoms with E-state index in [0.717, 1.165) is 49.3 Å². The molecule has 1 saturated heterocycles. The first-order valence-electron chi connectivity index (χ1n) is 11.7. The standard InChI is InChI=1S/C27H30IN5O/c28-25-21-22(11-12-26(25)30-31-29)13-14-32-15-17-33(18-16-32)19-20-34-27(23-7-3-1-4-8-23)24-9-5-2-6-10-24/h1-12,21,27H,13-20H2. The van der Waals surface area contributed by atoms with Crippen molar-refractivity contribution in [2.45, 2.75) is 12.5 Å². The second kappa shape index (κ2) is 12.9. The fraction of sp³-hybridized carbons (Fsp3) is 0.333. The molecule has 176 valence electrons. The van der Waals surface area contributed by atoms with E-state index in [-0.39, 0.29) is 6.10 Å². The smallest absolute Gasteiger partial charge is 0.108 e. The molecule has 1 fully saturated rings. The van der Waals surface area contributed by atoms with Gasteiger partial charge in [-0.1, -0.05) is 77.9 Å². The Morgan fingerprint density at radius 2 is 1.44 bits per heavy atom. The number of benzene rings is 3. The molecule has 0 N–H and O–H groups in total. The summed E-state index contributed by atoms with van der Waals surface area (Å²) in [5.74, 6) is 0. The fourth-order valence-electron chi connectivity index (χ4n) is 4.30. The van der Waals surface area contributed by atoms with E-state index in [9.17, 15) is 0 Å². The second-order valence-corrected chi connectivity index (χ2v) is 9.64. The molecule has 4 rings (SSSR count). The van der Waals surface area contributed by atoms with Crippen molar-refractivity contribution in [1.82, 2.24) is 9.80 Å². The Morgan fingerprint density at radius 1 is 0.853 bits per heavy atom. The zero-order chi connectivity index (χ0) is 23.6. The maximum absolute atomic E-state index is 8.63. The van der Waals surface area contributed by atoms with Gasteiger partial charge in [-0.25, -0.2) is 0 Å². The van der Waals surface area contributed by atoms with Crippen LogP contribution in [0.25, 0.3) is 10.4 Å². The number of azide groups is 1. The summed E-state index contributed by atoms with van der Waals surface area (Å²) >= 11 is 2.23. The lowest BCUT2D eigenvalue weighted by Crippen LogP contribution is -2.47. The summed E-state index contributed by atoms with van der Waals surface area (Å²) in [5, 5.41) is 3.72. The van der Waals surface area contributed by atoms with Gasteiger partial charge in [-0.3, -0.25) is 4.90 Å². The first-order chi connectivity index (χ1) is 16.7. The highest BCUT2D eigenvalue weighted by molar-refractivity contribution is 14.1. The Labute approximate surface area is 215 Å². The number of ether oxygens (including phenoxy) is 1. The summed E-state index contributed by atoms with van der Waals surface area (Å²) in [6, 6.07) is 27.0. The van der Waals surface area contributed by atoms with E-state index >= 15 is 0 Å². The third kappa shape index (κ3) is 7.04. The van der Waals surface area contributed by atoms with Crippen LogP contribution in [0.3, 0.4) is 0 Å². The summed E-state index contributed by atoms with van der Waals surface area (Å²) in [7, 11) is 0. The van der Waals surface area contributed by atoms with Crippen LogP contribution < -0.4 is 0 Å². The Balaban J connectivity index is 1.22. The van der Waals surface area contributed by atoms with Crippen LogP contribution in [0, 0.1) is 3.57 Å². The van der Waals surface area contributed by atoms with Crippen molar-refractivity contribution in [2.75, 3.05) is 45.9 Å². The predicted molar refractivity (Wildman–Crippen MR) is 145 cm³/mol. The molecule has 0 saturated carbocycles. The van der Waals surface area contributed by atoms with Crippen molar-refractivity contribution < 1.29 is 4.74 Å². The van der Waals surface area contributed by atoms with Gasteiger partial charge in [0.15, 0.2) is 0 Å². The van der Waals surface area contributed by atoms with E-state index in [1.165, 1.54) is 16.7 Å². The van der Waals surface area contributed by atoms with E-state index < -0.39 is 0 Å². The van der Waals surface area contributed by atoms with E-state index in [0.29, 0.717) is 12.3 Å². The average Bonchev–Trinajstić information content (AvgIpc) is 2.89. The van der Waals surface area contributed by atoms with Crippen molar-refractivity contribution in [3.63, 3.8) is 0 Å². The first kappa shape index (κ1) is 24.7. The Bertz CT molecular complexity index is 1040. The Kier molecular flexibility index (Phi) is 9.35. The zero-order valence-electron chi connectivity index (χ0n) is 19.3. The van der Waals surface area contributed by atoms with Gasteiger partial charge >= 0.3 is 0 Å². The van der Waals surface area contributed by atoms with E-state index in [4.69, 9.17) is 10.3 Å². The van der Waals surface area contributed by atoms with Gasteiger partial charge in [0.05, 0.1) is 12.3 Å². The summed E-state index contributed by atoms with van der Waals surface area (Å²) in [6.07, 6.45) is 0.975. The van der Waals surface area contributed by atoms with Crippen LogP contribution in [0.15, 0.2) is 84.0 Å². The highest BCUT2D eigenvalue weighted by atomic mass is 127. The van der Waals surface area contributed by atoms with Crippen LogP contribution in [0.4, 0.5) is 5.69 Å². The zero-order valence-corrected chi connectivity index (χ0v) is 21.4. The molecule has 0 unspecified atom stereocenters. The predicted octanol–water partition coefficient (Wildman–Crippen LogP) is 6.20. The minimum absolute atomic E-state index is 0.0308. The molecule has 0 atom stereocenters. The summed E-state index contributed by atoms with van der Waals surface area (Å²) < 4.78 is 7.40. The molecule has 0 amide bonds. The molecule has 3 aromatic carbocycles. The summed E-state index contributed by atoms with van der Waals surface area (Å²) in [4.78, 5) is 7.91. The van der Waals surface area contributed by atoms with Crippen molar-refractivity contribution in [2.24, 2.45) is 5.11 Å². The van der Waals surface area contributed by atoms with Gasteiger partial charge < -0.3 is 9.64 Å². The van der Waals surface area contributed by atoms with Crippen LogP contribution in [-0.2, 0) is 11.2 Å². The fourth-order valence-corrected chi connectivity index (χ4v) is 4.99. The van der Waals surface area contributed by atoms with Crippen molar-refractivity contribution in [3.05, 3.63) is 110 Å². The molecule has 0 bridgehead atoms. The molecule has 6 nitrogen and oxygen atoms in total. The van der Waals surface area contributed by atoms with E-state index in [1.807, 2.05) is 18.2 Å². The number of hydrogen-bond donors (Lipinski definition) is 0. The van der Waals surface area contributed by atoms with Crippen molar-refractivity contribution >= 4 is 28.3 Å². The molecule has 1 aliphatic rings. The second-order valence-electron chi connectivity index (χ2n) is 8.48. The van der Waals surface area contributed by atoms with Gasteiger partial charge in [0.2, 0.25) is 0 Å². The monoisotopic (exact) mass is 567 g/mol. The third-order valence-electron chi connectivity index (χ3n) is 6.24. The minimum atomic E-state index is -0.0308. The van der Waals surface area contributed by atoms with E-state index in [2.05, 4.69) is 103 Å². The molecule has 1 aliphatic heterocycles. The number of rotatable bonds is 10. The average molecular weight is 567 g/mol. The largest absolute Gasteiger partial charge is 0.367 e. The molecule has 7 heteroatoms. The summed E-state index contributed by atoms with van der Waals surface area (Å²) in [5.41, 5.74) is 13.0. The van der Waals surface area contributed by atoms with Crippen LogP contribution in [0.2, 0.25) is 0 Å². The normalized spacial score (nSPS) is 14.8. The maximum Gasteiger partial charge on any atom is 0.108 e. The minimum Gasteiger partial charge on any atom is -0.367 e. The maximum atomic E-state index is 8.63. The molecule has 1 heterocycles. The number of nitrogens with zero attached hydrogens (tertiary/aromatic N) is 5. The van der Waals surface area contributed by atoms with E-state index in [1.54, 1.807) is 0 Å². The third-order valence-corrected chi connectivity index (χ3v) is 7.11. The Morgan fingerprint density at radius 3 is 2.00 bits per heavy atom. The van der Waals surface area contributed by atoms with Gasteiger partial charge in [0.1, 0.15) is 6.10 Å². The van der Waals surface area contributed by atoms with Gasteiger partial charge in [0, 0.05) is 47.8 Å². The van der Waals surface area contributed by atoms with Crippen LogP contribution in [-0.4, -0.2) is 55.7 Å². The first-order valence-corrected chi connectivity index (χ1v) is 12.8. The molecular formula is C27H30IN5O. The quantitative estimate of drug-likeness (QED) is 0.127. The molecule has 0 radical (unpaired) electrons. The molecule has 34 heavy (non-hydrogen) atoms. The lowest BCUT2D eigenvalue weighted by Gasteiger charge is -2.35. The van der Waals surface area contributed by atoms with Crippen LogP contribution >= 0.6 is 22.6 Å². The molecular weight excluding hydrogens is 537 g/mol. The number of hydrogen-bond acceptors (Lipinski definition) is 4. The Hall–Kier alpha value is -2.42. The van der Waals surface area contributed by atoms with Gasteiger partial charge in [0.25, 0.3) is 0 Å². The van der Waals surface area contributed by atoms with Crippen molar-refractivity contribution in [1.29, 1.82) is 0 Å². The molecule has 0 spiro atoms. The lowest BCUT2D eigenvalue weighted by molar-refractivity contribution is 0.0454. The van der Waals surface area contributed by atoms with Crippen LogP contribution in [0.5, 0.6) is 0 Å². The highest BCUT2D eigenvalue weighted by Crippen LogP contribution is 2.26. The molecule has 0 aromatic heterocycles. The van der Waals surface area contributed by atoms with Crippen molar-refractivity contribution in [3.8, 4) is 0 Å². The lowest BCUT2D eigenvalue weighted by atomic mass is 10.0. The number of halogens is 1.